The Morgan fingerprint density at radius 2 is 1.77 bits per heavy atom. The molecule has 2 N–H and O–H groups in total. The molecule has 0 aliphatic heterocycles. The number of halogens is 3. The van der Waals surface area contributed by atoms with Crippen LogP contribution in [-0.2, 0) is 6.54 Å². The van der Waals surface area contributed by atoms with Crippen LogP contribution in [0.1, 0.15) is 25.8 Å². The molecule has 0 radical (unpaired) electrons. The van der Waals surface area contributed by atoms with Crippen molar-refractivity contribution in [2.75, 3.05) is 33.4 Å². The number of methoxy groups -OCH3 is 1. The van der Waals surface area contributed by atoms with E-state index in [1.165, 1.54) is 5.56 Å². The van der Waals surface area contributed by atoms with Crippen LogP contribution >= 0.6 is 40.7 Å². The molecular formula is C15H27BrCl2N2O2. The fourth-order valence-electron chi connectivity index (χ4n) is 1.93. The predicted molar refractivity (Wildman–Crippen MR) is 101 cm³/mol. The summed E-state index contributed by atoms with van der Waals surface area (Å²) in [7, 11) is 1.65. The van der Waals surface area contributed by atoms with Crippen molar-refractivity contribution in [3.8, 4) is 11.5 Å². The molecule has 0 saturated carbocycles. The molecule has 0 amide bonds. The quantitative estimate of drug-likeness (QED) is 0.568. The molecule has 4 nitrogen and oxygen atoms in total. The molecule has 0 unspecified atom stereocenters. The number of hydrogen-bond acceptors (Lipinski definition) is 4. The summed E-state index contributed by atoms with van der Waals surface area (Å²) in [6.45, 7) is 8.64. The lowest BCUT2D eigenvalue weighted by atomic mass is 10.2. The van der Waals surface area contributed by atoms with E-state index in [9.17, 15) is 0 Å². The van der Waals surface area contributed by atoms with E-state index in [0.29, 0.717) is 6.61 Å². The van der Waals surface area contributed by atoms with E-state index in [0.717, 1.165) is 48.6 Å². The molecule has 0 bridgehead atoms. The van der Waals surface area contributed by atoms with Gasteiger partial charge in [0, 0.05) is 6.54 Å². The second-order valence-electron chi connectivity index (χ2n) is 4.43. The lowest BCUT2D eigenvalue weighted by molar-refractivity contribution is 0.309. The average Bonchev–Trinajstić information content (AvgIpc) is 2.43. The second kappa shape index (κ2) is 14.4. The summed E-state index contributed by atoms with van der Waals surface area (Å²) < 4.78 is 11.9. The van der Waals surface area contributed by atoms with Gasteiger partial charge in [-0.2, -0.15) is 0 Å². The lowest BCUT2D eigenvalue weighted by Gasteiger charge is -2.13. The first-order valence-electron chi connectivity index (χ1n) is 7.13. The summed E-state index contributed by atoms with van der Waals surface area (Å²) in [5.74, 6) is 1.54. The standard InChI is InChI=1S/C15H25BrN2O2.2ClH/c1-4-17-7-6-8-18-11-12-9-13(16)15(19-3)14(10-12)20-5-2;;/h9-10,17-18H,4-8,11H2,1-3H3;2*1H. The van der Waals surface area contributed by atoms with E-state index in [2.05, 4.69) is 39.6 Å². The van der Waals surface area contributed by atoms with Gasteiger partial charge < -0.3 is 20.1 Å². The largest absolute Gasteiger partial charge is 0.492 e. The van der Waals surface area contributed by atoms with Crippen molar-refractivity contribution in [1.29, 1.82) is 0 Å². The van der Waals surface area contributed by atoms with E-state index >= 15 is 0 Å². The highest BCUT2D eigenvalue weighted by atomic mass is 79.9. The highest BCUT2D eigenvalue weighted by Gasteiger charge is 2.10. The van der Waals surface area contributed by atoms with Gasteiger partial charge in [0.2, 0.25) is 0 Å². The number of benzene rings is 1. The van der Waals surface area contributed by atoms with Gasteiger partial charge in [-0.1, -0.05) is 6.92 Å². The molecule has 0 spiro atoms. The minimum atomic E-state index is 0. The Morgan fingerprint density at radius 3 is 2.36 bits per heavy atom. The van der Waals surface area contributed by atoms with E-state index in [1.807, 2.05) is 13.0 Å². The third-order valence-corrected chi connectivity index (χ3v) is 3.45. The molecule has 0 atom stereocenters. The summed E-state index contributed by atoms with van der Waals surface area (Å²) in [6, 6.07) is 4.10. The Bertz CT molecular complexity index is 409. The molecule has 1 aromatic rings. The summed E-state index contributed by atoms with van der Waals surface area (Å²) in [5, 5.41) is 6.75. The number of nitrogens with one attached hydrogen (secondary N) is 2. The maximum absolute atomic E-state index is 5.62. The van der Waals surface area contributed by atoms with Crippen LogP contribution in [0.25, 0.3) is 0 Å². The first kappa shape index (κ1) is 24.1. The average molecular weight is 418 g/mol. The Kier molecular flexibility index (Phi) is 15.7. The van der Waals surface area contributed by atoms with E-state index < -0.39 is 0 Å². The molecule has 1 aromatic carbocycles. The van der Waals surface area contributed by atoms with E-state index in [-0.39, 0.29) is 24.8 Å². The zero-order valence-corrected chi connectivity index (χ0v) is 16.6. The Balaban J connectivity index is 0. The van der Waals surface area contributed by atoms with Gasteiger partial charge in [-0.15, -0.1) is 24.8 Å². The SMILES string of the molecule is CCNCCCNCc1cc(Br)c(OC)c(OCC)c1.Cl.Cl. The van der Waals surface area contributed by atoms with Crippen molar-refractivity contribution in [1.82, 2.24) is 10.6 Å². The van der Waals surface area contributed by atoms with E-state index in [4.69, 9.17) is 9.47 Å². The van der Waals surface area contributed by atoms with Gasteiger partial charge in [-0.05, 0) is 66.6 Å². The van der Waals surface area contributed by atoms with Crippen molar-refractivity contribution in [2.24, 2.45) is 0 Å². The van der Waals surface area contributed by atoms with Gasteiger partial charge in [0.15, 0.2) is 11.5 Å². The van der Waals surface area contributed by atoms with Crippen molar-refractivity contribution in [3.05, 3.63) is 22.2 Å². The summed E-state index contributed by atoms with van der Waals surface area (Å²) in [6.07, 6.45) is 1.13. The third-order valence-electron chi connectivity index (χ3n) is 2.86. The number of ether oxygens (including phenoxy) is 2. The zero-order chi connectivity index (χ0) is 14.8. The molecule has 22 heavy (non-hydrogen) atoms. The van der Waals surface area contributed by atoms with Crippen LogP contribution in [-0.4, -0.2) is 33.4 Å². The first-order chi connectivity index (χ1) is 9.72. The molecular weight excluding hydrogens is 391 g/mol. The third kappa shape index (κ3) is 8.44. The Hall–Kier alpha value is -0.200. The van der Waals surface area contributed by atoms with Gasteiger partial charge >= 0.3 is 0 Å². The summed E-state index contributed by atoms with van der Waals surface area (Å²) >= 11 is 3.53. The Morgan fingerprint density at radius 1 is 1.09 bits per heavy atom. The van der Waals surface area contributed by atoms with Crippen LogP contribution in [0.15, 0.2) is 16.6 Å². The van der Waals surface area contributed by atoms with Crippen molar-refractivity contribution < 1.29 is 9.47 Å². The minimum absolute atomic E-state index is 0. The minimum Gasteiger partial charge on any atom is -0.492 e. The van der Waals surface area contributed by atoms with Crippen LogP contribution in [0, 0.1) is 0 Å². The zero-order valence-electron chi connectivity index (χ0n) is 13.4. The fraction of sp³-hybridized carbons (Fsp3) is 0.600. The van der Waals surface area contributed by atoms with Crippen LogP contribution in [0.4, 0.5) is 0 Å². The highest BCUT2D eigenvalue weighted by Crippen LogP contribution is 2.36. The highest BCUT2D eigenvalue weighted by molar-refractivity contribution is 9.10. The molecule has 1 rings (SSSR count). The van der Waals surface area contributed by atoms with Crippen LogP contribution in [0.5, 0.6) is 11.5 Å². The summed E-state index contributed by atoms with van der Waals surface area (Å²) in [5.41, 5.74) is 1.18. The smallest absolute Gasteiger partial charge is 0.174 e. The second-order valence-corrected chi connectivity index (χ2v) is 5.28. The fourth-order valence-corrected chi connectivity index (χ4v) is 2.58. The lowest BCUT2D eigenvalue weighted by Crippen LogP contribution is -2.21. The molecule has 7 heteroatoms. The van der Waals surface area contributed by atoms with Crippen LogP contribution in [0.3, 0.4) is 0 Å². The normalized spacial score (nSPS) is 9.64. The first-order valence-corrected chi connectivity index (χ1v) is 7.92. The van der Waals surface area contributed by atoms with Gasteiger partial charge in [0.25, 0.3) is 0 Å². The number of rotatable bonds is 10. The van der Waals surface area contributed by atoms with Gasteiger partial charge in [-0.25, -0.2) is 0 Å². The van der Waals surface area contributed by atoms with Crippen molar-refractivity contribution in [3.63, 3.8) is 0 Å². The van der Waals surface area contributed by atoms with Crippen LogP contribution in [0.2, 0.25) is 0 Å². The molecule has 130 valence electrons. The molecule has 0 aliphatic carbocycles. The molecule has 0 aliphatic rings. The van der Waals surface area contributed by atoms with Gasteiger partial charge in [0.05, 0.1) is 18.2 Å². The monoisotopic (exact) mass is 416 g/mol. The topological polar surface area (TPSA) is 42.5 Å². The van der Waals surface area contributed by atoms with Crippen molar-refractivity contribution in [2.45, 2.75) is 26.8 Å². The molecule has 0 saturated heterocycles. The maximum Gasteiger partial charge on any atom is 0.174 e. The van der Waals surface area contributed by atoms with Crippen molar-refractivity contribution >= 4 is 40.7 Å². The Labute approximate surface area is 154 Å². The number of hydrogen-bond donors (Lipinski definition) is 2. The maximum atomic E-state index is 5.62. The predicted octanol–water partition coefficient (Wildman–Crippen LogP) is 3.79. The molecule has 0 heterocycles. The van der Waals surface area contributed by atoms with Gasteiger partial charge in [-0.3, -0.25) is 0 Å². The van der Waals surface area contributed by atoms with Crippen LogP contribution < -0.4 is 20.1 Å². The molecule has 0 aromatic heterocycles. The van der Waals surface area contributed by atoms with Gasteiger partial charge in [0.1, 0.15) is 0 Å². The summed E-state index contributed by atoms with van der Waals surface area (Å²) in [4.78, 5) is 0. The van der Waals surface area contributed by atoms with E-state index in [1.54, 1.807) is 7.11 Å². The molecule has 0 fully saturated rings.